The lowest BCUT2D eigenvalue weighted by Gasteiger charge is -2.18. The molecule has 2 aliphatic heterocycles. The van der Waals surface area contributed by atoms with Gasteiger partial charge in [0.25, 0.3) is 0 Å². The van der Waals surface area contributed by atoms with E-state index in [9.17, 15) is 4.79 Å². The van der Waals surface area contributed by atoms with Gasteiger partial charge in [0, 0.05) is 11.3 Å². The number of aromatic nitrogens is 4. The van der Waals surface area contributed by atoms with Crippen molar-refractivity contribution in [2.24, 2.45) is 0 Å². The molecular weight excluding hydrogens is 400 g/mol. The molecule has 0 bridgehead atoms. The summed E-state index contributed by atoms with van der Waals surface area (Å²) in [6, 6.07) is 16.1. The molecule has 10 heteroatoms. The van der Waals surface area contributed by atoms with Crippen LogP contribution < -0.4 is 15.4 Å². The van der Waals surface area contributed by atoms with Gasteiger partial charge in [0.05, 0.1) is 26.4 Å². The van der Waals surface area contributed by atoms with Crippen molar-refractivity contribution in [2.75, 3.05) is 25.6 Å². The Kier molecular flexibility index (Phi) is 5.23. The minimum atomic E-state index is -0.299. The van der Waals surface area contributed by atoms with Gasteiger partial charge in [0.1, 0.15) is 24.0 Å². The predicted octanol–water partition coefficient (Wildman–Crippen LogP) is 1.88. The number of ether oxygens (including phenoxy) is 3. The van der Waals surface area contributed by atoms with Crippen molar-refractivity contribution in [3.8, 4) is 17.1 Å². The van der Waals surface area contributed by atoms with Crippen LogP contribution >= 0.6 is 0 Å². The van der Waals surface area contributed by atoms with Gasteiger partial charge in [0.2, 0.25) is 0 Å². The van der Waals surface area contributed by atoms with Crippen molar-refractivity contribution in [1.29, 1.82) is 0 Å². The Morgan fingerprint density at radius 1 is 1.10 bits per heavy atom. The van der Waals surface area contributed by atoms with Crippen molar-refractivity contribution in [3.05, 3.63) is 54.6 Å². The average Bonchev–Trinajstić information content (AvgIpc) is 3.52. The summed E-state index contributed by atoms with van der Waals surface area (Å²) in [5, 5.41) is 18.0. The Hall–Kier alpha value is -3.50. The largest absolute Gasteiger partial charge is 0.497 e. The number of tetrazole rings is 1. The third-order valence-electron chi connectivity index (χ3n) is 5.51. The number of methoxy groups -OCH3 is 1. The van der Waals surface area contributed by atoms with E-state index in [0.29, 0.717) is 19.0 Å². The molecule has 1 aromatic heterocycles. The number of carbonyl (C=O) groups excluding carboxylic acids is 1. The number of nitrogens with one attached hydrogen (secondary N) is 2. The van der Waals surface area contributed by atoms with E-state index in [1.807, 2.05) is 54.6 Å². The third kappa shape index (κ3) is 3.82. The highest BCUT2D eigenvalue weighted by atomic mass is 16.6. The molecule has 31 heavy (non-hydrogen) atoms. The van der Waals surface area contributed by atoms with Gasteiger partial charge in [0.15, 0.2) is 5.82 Å². The Bertz CT molecular complexity index is 1060. The van der Waals surface area contributed by atoms with Crippen LogP contribution in [0, 0.1) is 0 Å². The summed E-state index contributed by atoms with van der Waals surface area (Å²) in [5.74, 6) is 1.33. The van der Waals surface area contributed by atoms with E-state index in [2.05, 4.69) is 26.2 Å². The lowest BCUT2D eigenvalue weighted by Crippen LogP contribution is -2.45. The minimum Gasteiger partial charge on any atom is -0.497 e. The van der Waals surface area contributed by atoms with E-state index in [-0.39, 0.29) is 30.3 Å². The summed E-state index contributed by atoms with van der Waals surface area (Å²) < 4.78 is 19.0. The summed E-state index contributed by atoms with van der Waals surface area (Å²) in [5.41, 5.74) is 1.56. The number of benzene rings is 2. The van der Waals surface area contributed by atoms with Crippen LogP contribution in [0.25, 0.3) is 11.4 Å². The van der Waals surface area contributed by atoms with Crippen LogP contribution in [0.4, 0.5) is 10.5 Å². The lowest BCUT2D eigenvalue weighted by molar-refractivity contribution is 0.0624. The first kappa shape index (κ1) is 19.5. The highest BCUT2D eigenvalue weighted by Crippen LogP contribution is 2.36. The molecule has 2 aliphatic rings. The molecular formula is C21H22N6O4. The van der Waals surface area contributed by atoms with E-state index < -0.39 is 0 Å². The second-order valence-corrected chi connectivity index (χ2v) is 7.41. The maximum absolute atomic E-state index is 12.4. The average molecular weight is 422 g/mol. The minimum absolute atomic E-state index is 0.204. The van der Waals surface area contributed by atoms with Crippen molar-refractivity contribution >= 4 is 11.7 Å². The standard InChI is InChI=1S/C21H22N6O4/c1-29-15-9-5-6-13(10-15)20-24-25-26-27(20)17-12-31-18-16(11-30-19(17)18)23-21(28)22-14-7-3-2-4-8-14/h2-10,16-19H,11-12H2,1H3,(H2,22,23,28)/t16-,17+,18-,19+/m0/s1. The Morgan fingerprint density at radius 2 is 1.94 bits per heavy atom. The van der Waals surface area contributed by atoms with Crippen LogP contribution in [0.3, 0.4) is 0 Å². The van der Waals surface area contributed by atoms with Crippen LogP contribution in [0.5, 0.6) is 5.75 Å². The molecule has 2 aromatic carbocycles. The molecule has 0 radical (unpaired) electrons. The molecule has 3 heterocycles. The molecule has 4 atom stereocenters. The maximum atomic E-state index is 12.4. The van der Waals surface area contributed by atoms with Crippen molar-refractivity contribution in [3.63, 3.8) is 0 Å². The van der Waals surface area contributed by atoms with E-state index >= 15 is 0 Å². The molecule has 2 saturated heterocycles. The number of carbonyl (C=O) groups is 1. The number of fused-ring (bicyclic) bond motifs is 1. The Labute approximate surface area is 178 Å². The second-order valence-electron chi connectivity index (χ2n) is 7.41. The van der Waals surface area contributed by atoms with Gasteiger partial charge < -0.3 is 24.8 Å². The van der Waals surface area contributed by atoms with Crippen LogP contribution in [0.2, 0.25) is 0 Å². The molecule has 160 valence electrons. The highest BCUT2D eigenvalue weighted by Gasteiger charge is 2.50. The molecule has 0 spiro atoms. The maximum Gasteiger partial charge on any atom is 0.319 e. The summed E-state index contributed by atoms with van der Waals surface area (Å²) >= 11 is 0. The fourth-order valence-electron chi connectivity index (χ4n) is 4.04. The molecule has 2 amide bonds. The normalized spacial score (nSPS) is 24.5. The molecule has 2 fully saturated rings. The topological polar surface area (TPSA) is 112 Å². The first-order valence-electron chi connectivity index (χ1n) is 10.0. The molecule has 2 N–H and O–H groups in total. The Balaban J connectivity index is 1.29. The van der Waals surface area contributed by atoms with Gasteiger partial charge in [-0.2, -0.15) is 0 Å². The zero-order valence-electron chi connectivity index (χ0n) is 16.8. The number of hydrogen-bond donors (Lipinski definition) is 2. The van der Waals surface area contributed by atoms with E-state index in [0.717, 1.165) is 17.0 Å². The van der Waals surface area contributed by atoms with Crippen molar-refractivity contribution < 1.29 is 19.0 Å². The number of para-hydroxylation sites is 1. The monoisotopic (exact) mass is 422 g/mol. The van der Waals surface area contributed by atoms with E-state index in [1.54, 1.807) is 11.8 Å². The molecule has 0 saturated carbocycles. The summed E-state index contributed by atoms with van der Waals surface area (Å²) in [4.78, 5) is 12.4. The summed E-state index contributed by atoms with van der Waals surface area (Å²) in [6.07, 6.45) is -0.552. The predicted molar refractivity (Wildman–Crippen MR) is 111 cm³/mol. The summed E-state index contributed by atoms with van der Waals surface area (Å²) in [7, 11) is 1.62. The molecule has 10 nitrogen and oxygen atoms in total. The van der Waals surface area contributed by atoms with E-state index in [4.69, 9.17) is 14.2 Å². The smallest absolute Gasteiger partial charge is 0.319 e. The highest BCUT2D eigenvalue weighted by molar-refractivity contribution is 5.89. The molecule has 0 aliphatic carbocycles. The van der Waals surface area contributed by atoms with Crippen LogP contribution in [0.1, 0.15) is 6.04 Å². The molecule has 5 rings (SSSR count). The van der Waals surface area contributed by atoms with Crippen LogP contribution in [-0.4, -0.2) is 64.8 Å². The van der Waals surface area contributed by atoms with Gasteiger partial charge in [-0.3, -0.25) is 0 Å². The second kappa shape index (κ2) is 8.32. The summed E-state index contributed by atoms with van der Waals surface area (Å²) in [6.45, 7) is 0.737. The fourth-order valence-corrected chi connectivity index (χ4v) is 4.04. The van der Waals surface area contributed by atoms with Crippen molar-refractivity contribution in [1.82, 2.24) is 25.5 Å². The molecule has 0 unspecified atom stereocenters. The lowest BCUT2D eigenvalue weighted by atomic mass is 10.1. The zero-order chi connectivity index (χ0) is 21.2. The van der Waals surface area contributed by atoms with Gasteiger partial charge in [-0.1, -0.05) is 30.3 Å². The number of urea groups is 1. The van der Waals surface area contributed by atoms with Gasteiger partial charge in [-0.15, -0.1) is 5.10 Å². The number of amides is 2. The van der Waals surface area contributed by atoms with Crippen LogP contribution in [0.15, 0.2) is 54.6 Å². The first-order chi connectivity index (χ1) is 15.2. The SMILES string of the molecule is COc1cccc(-c2nnnn2[C@@H]2CO[C@@H]3[C@@H]2OC[C@@H]3NC(=O)Nc2ccccc2)c1. The van der Waals surface area contributed by atoms with Crippen LogP contribution in [-0.2, 0) is 9.47 Å². The zero-order valence-corrected chi connectivity index (χ0v) is 16.8. The van der Waals surface area contributed by atoms with Gasteiger partial charge >= 0.3 is 6.03 Å². The third-order valence-corrected chi connectivity index (χ3v) is 5.51. The van der Waals surface area contributed by atoms with Gasteiger partial charge in [-0.25, -0.2) is 9.48 Å². The number of nitrogens with zero attached hydrogens (tertiary/aromatic N) is 4. The van der Waals surface area contributed by atoms with Gasteiger partial charge in [-0.05, 0) is 34.7 Å². The quantitative estimate of drug-likeness (QED) is 0.646. The van der Waals surface area contributed by atoms with E-state index in [1.165, 1.54) is 0 Å². The fraction of sp³-hybridized carbons (Fsp3) is 0.333. The van der Waals surface area contributed by atoms with Crippen molar-refractivity contribution in [2.45, 2.75) is 24.3 Å². The first-order valence-corrected chi connectivity index (χ1v) is 10.0. The number of anilines is 1. The molecule has 3 aromatic rings. The Morgan fingerprint density at radius 3 is 2.77 bits per heavy atom. The number of hydrogen-bond acceptors (Lipinski definition) is 7. The number of rotatable bonds is 5.